The largest absolute Gasteiger partial charge is 0.496 e. The third kappa shape index (κ3) is 4.39. The highest BCUT2D eigenvalue weighted by atomic mass is 32.2. The summed E-state index contributed by atoms with van der Waals surface area (Å²) in [6, 6.07) is 6.69. The van der Waals surface area contributed by atoms with Gasteiger partial charge in [-0.3, -0.25) is 0 Å². The molecule has 7 nitrogen and oxygen atoms in total. The molecule has 0 spiro atoms. The van der Waals surface area contributed by atoms with Gasteiger partial charge in [-0.2, -0.15) is 9.29 Å². The zero-order chi connectivity index (χ0) is 19.6. The van der Waals surface area contributed by atoms with Crippen molar-refractivity contribution < 1.29 is 17.9 Å². The fourth-order valence-corrected chi connectivity index (χ4v) is 4.89. The Labute approximate surface area is 160 Å². The quantitative estimate of drug-likeness (QED) is 0.779. The van der Waals surface area contributed by atoms with Gasteiger partial charge in [-0.1, -0.05) is 0 Å². The normalized spacial score (nSPS) is 18.3. The molecule has 1 aliphatic rings. The van der Waals surface area contributed by atoms with Gasteiger partial charge in [0.15, 0.2) is 0 Å². The number of ether oxygens (including phenoxy) is 2. The number of sulfonamides is 1. The standard InChI is InChI=1S/C19H25N3O4S/c1-13-10-17(7-8-18(13)25-4)27(23,24)22-9-5-6-16(12-22)26-19-11-14(2)20-15(3)21-19/h7-8,10-11,16H,5-6,9,12H2,1-4H3. The van der Waals surface area contributed by atoms with Crippen LogP contribution in [0.2, 0.25) is 0 Å². The summed E-state index contributed by atoms with van der Waals surface area (Å²) in [5.41, 5.74) is 1.61. The van der Waals surface area contributed by atoms with Crippen LogP contribution in [0.4, 0.5) is 0 Å². The molecule has 1 fully saturated rings. The minimum atomic E-state index is -3.59. The summed E-state index contributed by atoms with van der Waals surface area (Å²) >= 11 is 0. The zero-order valence-electron chi connectivity index (χ0n) is 16.1. The molecule has 2 aromatic rings. The van der Waals surface area contributed by atoms with Crippen LogP contribution in [0.3, 0.4) is 0 Å². The van der Waals surface area contributed by atoms with Gasteiger partial charge in [0.2, 0.25) is 15.9 Å². The van der Waals surface area contributed by atoms with Crippen molar-refractivity contribution in [2.45, 2.75) is 44.6 Å². The molecule has 1 aliphatic heterocycles. The van der Waals surface area contributed by atoms with E-state index < -0.39 is 10.0 Å². The lowest BCUT2D eigenvalue weighted by molar-refractivity contribution is 0.124. The summed E-state index contributed by atoms with van der Waals surface area (Å²) in [5, 5.41) is 0. The Bertz CT molecular complexity index is 910. The van der Waals surface area contributed by atoms with Crippen LogP contribution in [-0.4, -0.2) is 49.0 Å². The molecule has 0 N–H and O–H groups in total. The summed E-state index contributed by atoms with van der Waals surface area (Å²) in [4.78, 5) is 8.80. The molecule has 0 aliphatic carbocycles. The Hall–Kier alpha value is -2.19. The fourth-order valence-electron chi connectivity index (χ4n) is 3.29. The van der Waals surface area contributed by atoms with Crippen molar-refractivity contribution in [2.75, 3.05) is 20.2 Å². The number of hydrogen-bond donors (Lipinski definition) is 0. The molecule has 3 rings (SSSR count). The number of methoxy groups -OCH3 is 1. The van der Waals surface area contributed by atoms with E-state index in [1.807, 2.05) is 20.8 Å². The second-order valence-corrected chi connectivity index (χ2v) is 8.71. The van der Waals surface area contributed by atoms with Gasteiger partial charge < -0.3 is 9.47 Å². The average molecular weight is 391 g/mol. The topological polar surface area (TPSA) is 81.6 Å². The molecular weight excluding hydrogens is 366 g/mol. The van der Waals surface area contributed by atoms with Gasteiger partial charge in [0.1, 0.15) is 17.7 Å². The van der Waals surface area contributed by atoms with E-state index in [1.165, 1.54) is 4.31 Å². The molecule has 0 bridgehead atoms. The van der Waals surface area contributed by atoms with Crippen LogP contribution >= 0.6 is 0 Å². The third-order valence-corrected chi connectivity index (χ3v) is 6.44. The van der Waals surface area contributed by atoms with Crippen molar-refractivity contribution >= 4 is 10.0 Å². The predicted octanol–water partition coefficient (Wildman–Crippen LogP) is 2.64. The predicted molar refractivity (Wildman–Crippen MR) is 102 cm³/mol. The summed E-state index contributed by atoms with van der Waals surface area (Å²) in [7, 11) is -2.02. The van der Waals surface area contributed by atoms with Gasteiger partial charge in [-0.15, -0.1) is 0 Å². The molecule has 1 unspecified atom stereocenters. The molecule has 1 atom stereocenters. The zero-order valence-corrected chi connectivity index (χ0v) is 16.9. The third-order valence-electron chi connectivity index (χ3n) is 4.57. The molecule has 2 heterocycles. The molecule has 0 amide bonds. The van der Waals surface area contributed by atoms with E-state index in [-0.39, 0.29) is 11.0 Å². The molecular formula is C19H25N3O4S. The number of benzene rings is 1. The van der Waals surface area contributed by atoms with Crippen molar-refractivity contribution in [1.82, 2.24) is 14.3 Å². The summed E-state index contributed by atoms with van der Waals surface area (Å²) < 4.78 is 38.8. The highest BCUT2D eigenvalue weighted by Crippen LogP contribution is 2.26. The SMILES string of the molecule is COc1ccc(S(=O)(=O)N2CCCC(Oc3cc(C)nc(C)n3)C2)cc1C. The minimum Gasteiger partial charge on any atom is -0.496 e. The van der Waals surface area contributed by atoms with E-state index in [2.05, 4.69) is 9.97 Å². The Kier molecular flexibility index (Phi) is 5.67. The second-order valence-electron chi connectivity index (χ2n) is 6.77. The number of piperidine rings is 1. The molecule has 8 heteroatoms. The van der Waals surface area contributed by atoms with Crippen LogP contribution < -0.4 is 9.47 Å². The van der Waals surface area contributed by atoms with E-state index in [4.69, 9.17) is 9.47 Å². The summed E-state index contributed by atoms with van der Waals surface area (Å²) in [6.07, 6.45) is 1.29. The Morgan fingerprint density at radius 1 is 1.15 bits per heavy atom. The van der Waals surface area contributed by atoms with E-state index in [0.717, 1.165) is 24.1 Å². The van der Waals surface area contributed by atoms with E-state index in [1.54, 1.807) is 31.4 Å². The van der Waals surface area contributed by atoms with Gasteiger partial charge in [-0.05, 0) is 57.4 Å². The second kappa shape index (κ2) is 7.82. The van der Waals surface area contributed by atoms with Gasteiger partial charge in [0.05, 0.1) is 18.6 Å². The maximum atomic E-state index is 13.0. The van der Waals surface area contributed by atoms with Crippen LogP contribution in [0.15, 0.2) is 29.2 Å². The fraction of sp³-hybridized carbons (Fsp3) is 0.474. The Morgan fingerprint density at radius 3 is 2.59 bits per heavy atom. The van der Waals surface area contributed by atoms with Crippen LogP contribution in [-0.2, 0) is 10.0 Å². The van der Waals surface area contributed by atoms with Crippen molar-refractivity contribution in [3.8, 4) is 11.6 Å². The maximum Gasteiger partial charge on any atom is 0.243 e. The van der Waals surface area contributed by atoms with Crippen molar-refractivity contribution in [1.29, 1.82) is 0 Å². The van der Waals surface area contributed by atoms with Gasteiger partial charge in [-0.25, -0.2) is 13.4 Å². The Balaban J connectivity index is 1.77. The van der Waals surface area contributed by atoms with Crippen molar-refractivity contribution in [3.63, 3.8) is 0 Å². The van der Waals surface area contributed by atoms with Gasteiger partial charge >= 0.3 is 0 Å². The monoisotopic (exact) mass is 391 g/mol. The molecule has 0 saturated carbocycles. The highest BCUT2D eigenvalue weighted by molar-refractivity contribution is 7.89. The molecule has 0 radical (unpaired) electrons. The lowest BCUT2D eigenvalue weighted by Crippen LogP contribution is -2.44. The van der Waals surface area contributed by atoms with Crippen LogP contribution in [0.1, 0.15) is 29.9 Å². The minimum absolute atomic E-state index is 0.235. The summed E-state index contributed by atoms with van der Waals surface area (Å²) in [5.74, 6) is 1.80. The smallest absolute Gasteiger partial charge is 0.243 e. The molecule has 146 valence electrons. The van der Waals surface area contributed by atoms with Crippen LogP contribution in [0.5, 0.6) is 11.6 Å². The van der Waals surface area contributed by atoms with Crippen molar-refractivity contribution in [2.24, 2.45) is 0 Å². The Morgan fingerprint density at radius 2 is 1.93 bits per heavy atom. The van der Waals surface area contributed by atoms with Crippen LogP contribution in [0.25, 0.3) is 0 Å². The maximum absolute atomic E-state index is 13.0. The van der Waals surface area contributed by atoms with Gasteiger partial charge in [0.25, 0.3) is 0 Å². The van der Waals surface area contributed by atoms with E-state index in [0.29, 0.717) is 30.5 Å². The first-order valence-electron chi connectivity index (χ1n) is 8.93. The van der Waals surface area contributed by atoms with Crippen LogP contribution in [0, 0.1) is 20.8 Å². The number of rotatable bonds is 5. The number of hydrogen-bond acceptors (Lipinski definition) is 6. The highest BCUT2D eigenvalue weighted by Gasteiger charge is 2.31. The molecule has 27 heavy (non-hydrogen) atoms. The van der Waals surface area contributed by atoms with Gasteiger partial charge in [0, 0.05) is 18.3 Å². The lowest BCUT2D eigenvalue weighted by atomic mass is 10.1. The van der Waals surface area contributed by atoms with E-state index in [9.17, 15) is 8.42 Å². The first-order valence-corrected chi connectivity index (χ1v) is 10.4. The average Bonchev–Trinajstić information content (AvgIpc) is 2.61. The van der Waals surface area contributed by atoms with E-state index >= 15 is 0 Å². The number of aryl methyl sites for hydroxylation is 3. The first-order chi connectivity index (χ1) is 12.8. The molecule has 1 saturated heterocycles. The molecule has 1 aromatic heterocycles. The summed E-state index contributed by atoms with van der Waals surface area (Å²) in [6.45, 7) is 6.30. The number of nitrogens with zero attached hydrogens (tertiary/aromatic N) is 3. The first kappa shape index (κ1) is 19.6. The van der Waals surface area contributed by atoms with Crippen molar-refractivity contribution in [3.05, 3.63) is 41.3 Å². The molecule has 1 aromatic carbocycles. The number of aromatic nitrogens is 2. The lowest BCUT2D eigenvalue weighted by Gasteiger charge is -2.32.